The maximum absolute atomic E-state index is 12.8. The number of rotatable bonds is 5. The molecule has 0 aliphatic carbocycles. The van der Waals surface area contributed by atoms with Gasteiger partial charge in [-0.25, -0.2) is 0 Å². The summed E-state index contributed by atoms with van der Waals surface area (Å²) in [5.41, 5.74) is 5.03. The number of hydrogen-bond donors (Lipinski definition) is 0. The summed E-state index contributed by atoms with van der Waals surface area (Å²) in [6.45, 7) is 8.15. The van der Waals surface area contributed by atoms with Gasteiger partial charge < -0.3 is 4.90 Å². The number of anilines is 1. The summed E-state index contributed by atoms with van der Waals surface area (Å²) < 4.78 is 0. The lowest BCUT2D eigenvalue weighted by Crippen LogP contribution is -2.37. The smallest absolute Gasteiger partial charge is 0.227 e. The Morgan fingerprint density at radius 3 is 2.54 bits per heavy atom. The first-order valence-electron chi connectivity index (χ1n) is 8.30. The van der Waals surface area contributed by atoms with Crippen LogP contribution < -0.4 is 4.90 Å². The van der Waals surface area contributed by atoms with Crippen molar-refractivity contribution < 1.29 is 4.79 Å². The van der Waals surface area contributed by atoms with Crippen molar-refractivity contribution in [2.24, 2.45) is 0 Å². The van der Waals surface area contributed by atoms with Gasteiger partial charge >= 0.3 is 0 Å². The number of amides is 1. The zero-order valence-electron chi connectivity index (χ0n) is 14.8. The fourth-order valence-electron chi connectivity index (χ4n) is 2.94. The lowest BCUT2D eigenvalue weighted by Gasteiger charge is -2.27. The average Bonchev–Trinajstić information content (AvgIpc) is 2.54. The van der Waals surface area contributed by atoms with Crippen molar-refractivity contribution in [1.29, 1.82) is 5.26 Å². The first kappa shape index (κ1) is 17.7. The maximum atomic E-state index is 12.8. The second-order valence-electron chi connectivity index (χ2n) is 6.45. The second-order valence-corrected chi connectivity index (χ2v) is 6.45. The summed E-state index contributed by atoms with van der Waals surface area (Å²) in [5.74, 6) is 0.0834. The van der Waals surface area contributed by atoms with Crippen LogP contribution in [0.15, 0.2) is 42.5 Å². The molecule has 2 rings (SSSR count). The van der Waals surface area contributed by atoms with Crippen molar-refractivity contribution in [2.75, 3.05) is 4.90 Å². The van der Waals surface area contributed by atoms with Crippen molar-refractivity contribution in [1.82, 2.24) is 0 Å². The van der Waals surface area contributed by atoms with Crippen LogP contribution in [0.2, 0.25) is 0 Å². The molecular formula is C21H24N2O. The molecule has 124 valence electrons. The molecule has 0 heterocycles. The highest BCUT2D eigenvalue weighted by molar-refractivity contribution is 5.94. The summed E-state index contributed by atoms with van der Waals surface area (Å²) in [6, 6.07) is 15.8. The molecule has 0 unspecified atom stereocenters. The minimum Gasteiger partial charge on any atom is -0.310 e. The van der Waals surface area contributed by atoms with Crippen LogP contribution in [0.4, 0.5) is 5.69 Å². The predicted molar refractivity (Wildman–Crippen MR) is 98.0 cm³/mol. The Balaban J connectivity index is 2.16. The molecule has 0 saturated carbocycles. The van der Waals surface area contributed by atoms with E-state index in [4.69, 9.17) is 5.26 Å². The first-order valence-corrected chi connectivity index (χ1v) is 8.30. The van der Waals surface area contributed by atoms with E-state index < -0.39 is 0 Å². The van der Waals surface area contributed by atoms with Crippen LogP contribution in [-0.2, 0) is 11.2 Å². The standard InChI is InChI=1S/C21H24N2O/c1-15(2)23(20-7-5-6-18(13-20)14-22)21(24)11-10-19-9-8-16(3)12-17(19)4/h5-9,12-13,15H,10-11H2,1-4H3. The van der Waals surface area contributed by atoms with Crippen LogP contribution in [0.5, 0.6) is 0 Å². The normalized spacial score (nSPS) is 10.5. The molecular weight excluding hydrogens is 296 g/mol. The van der Waals surface area contributed by atoms with Crippen LogP contribution >= 0.6 is 0 Å². The molecule has 24 heavy (non-hydrogen) atoms. The minimum absolute atomic E-state index is 0.0468. The van der Waals surface area contributed by atoms with E-state index in [-0.39, 0.29) is 11.9 Å². The van der Waals surface area contributed by atoms with Gasteiger partial charge in [-0.2, -0.15) is 5.26 Å². The number of nitrogens with zero attached hydrogens (tertiary/aromatic N) is 2. The molecule has 0 atom stereocenters. The van der Waals surface area contributed by atoms with Crippen LogP contribution in [0.25, 0.3) is 0 Å². The SMILES string of the molecule is Cc1ccc(CCC(=O)N(c2cccc(C#N)c2)C(C)C)c(C)c1. The van der Waals surface area contributed by atoms with E-state index >= 15 is 0 Å². The van der Waals surface area contributed by atoms with Crippen molar-refractivity contribution >= 4 is 11.6 Å². The van der Waals surface area contributed by atoms with Gasteiger partial charge in [0.1, 0.15) is 0 Å². The van der Waals surface area contributed by atoms with Gasteiger partial charge in [0.05, 0.1) is 11.6 Å². The zero-order chi connectivity index (χ0) is 17.7. The third kappa shape index (κ3) is 4.23. The summed E-state index contributed by atoms with van der Waals surface area (Å²) >= 11 is 0. The largest absolute Gasteiger partial charge is 0.310 e. The zero-order valence-corrected chi connectivity index (χ0v) is 14.8. The third-order valence-corrected chi connectivity index (χ3v) is 4.14. The quantitative estimate of drug-likeness (QED) is 0.811. The first-order chi connectivity index (χ1) is 11.4. The highest BCUT2D eigenvalue weighted by Gasteiger charge is 2.19. The van der Waals surface area contributed by atoms with Crippen LogP contribution in [0, 0.1) is 25.2 Å². The van der Waals surface area contributed by atoms with Crippen molar-refractivity contribution in [3.05, 3.63) is 64.7 Å². The average molecular weight is 320 g/mol. The molecule has 0 saturated heterocycles. The number of nitriles is 1. The summed E-state index contributed by atoms with van der Waals surface area (Å²) in [6.07, 6.45) is 1.19. The van der Waals surface area contributed by atoms with Crippen LogP contribution in [0.1, 0.15) is 42.5 Å². The van der Waals surface area contributed by atoms with Gasteiger partial charge in [0.15, 0.2) is 0 Å². The molecule has 0 aromatic heterocycles. The molecule has 3 nitrogen and oxygen atoms in total. The van der Waals surface area contributed by atoms with Crippen LogP contribution in [-0.4, -0.2) is 11.9 Å². The van der Waals surface area contributed by atoms with Gasteiger partial charge in [-0.15, -0.1) is 0 Å². The number of benzene rings is 2. The van der Waals surface area contributed by atoms with E-state index in [1.165, 1.54) is 16.7 Å². The van der Waals surface area contributed by atoms with Crippen molar-refractivity contribution in [2.45, 2.75) is 46.6 Å². The minimum atomic E-state index is 0.0468. The highest BCUT2D eigenvalue weighted by Crippen LogP contribution is 2.21. The molecule has 0 radical (unpaired) electrons. The van der Waals surface area contributed by atoms with Crippen molar-refractivity contribution in [3.8, 4) is 6.07 Å². The third-order valence-electron chi connectivity index (χ3n) is 4.14. The fourth-order valence-corrected chi connectivity index (χ4v) is 2.94. The van der Waals surface area contributed by atoms with E-state index in [9.17, 15) is 4.79 Å². The Hall–Kier alpha value is -2.60. The number of aryl methyl sites for hydroxylation is 3. The summed E-state index contributed by atoms with van der Waals surface area (Å²) in [7, 11) is 0. The fraction of sp³-hybridized carbons (Fsp3) is 0.333. The molecule has 0 aliphatic rings. The van der Waals surface area contributed by atoms with Gasteiger partial charge in [0, 0.05) is 18.2 Å². The molecule has 0 N–H and O–H groups in total. The monoisotopic (exact) mass is 320 g/mol. The summed E-state index contributed by atoms with van der Waals surface area (Å²) in [5, 5.41) is 9.07. The Labute approximate surface area is 144 Å². The van der Waals surface area contributed by atoms with Gasteiger partial charge in [-0.1, -0.05) is 29.8 Å². The van der Waals surface area contributed by atoms with Crippen molar-refractivity contribution in [3.63, 3.8) is 0 Å². The predicted octanol–water partition coefficient (Wildman–Crippen LogP) is 4.55. The molecule has 0 aliphatic heterocycles. The Kier molecular flexibility index (Phi) is 5.76. The lowest BCUT2D eigenvalue weighted by molar-refractivity contribution is -0.118. The Bertz CT molecular complexity index is 772. The number of carbonyl (C=O) groups is 1. The molecule has 0 bridgehead atoms. The molecule has 0 spiro atoms. The molecule has 3 heteroatoms. The topological polar surface area (TPSA) is 44.1 Å². The summed E-state index contributed by atoms with van der Waals surface area (Å²) in [4.78, 5) is 14.6. The molecule has 0 fully saturated rings. The van der Waals surface area contributed by atoms with E-state index in [2.05, 4.69) is 38.1 Å². The van der Waals surface area contributed by atoms with Gasteiger partial charge in [0.25, 0.3) is 0 Å². The second kappa shape index (κ2) is 7.79. The van der Waals surface area contributed by atoms with Gasteiger partial charge in [-0.3, -0.25) is 4.79 Å². The molecule has 1 amide bonds. The Morgan fingerprint density at radius 1 is 1.17 bits per heavy atom. The van der Waals surface area contributed by atoms with E-state index in [0.29, 0.717) is 12.0 Å². The lowest BCUT2D eigenvalue weighted by atomic mass is 10.0. The van der Waals surface area contributed by atoms with E-state index in [1.54, 1.807) is 17.0 Å². The molecule has 2 aromatic rings. The van der Waals surface area contributed by atoms with E-state index in [0.717, 1.165) is 12.1 Å². The van der Waals surface area contributed by atoms with Gasteiger partial charge in [-0.05, 0) is 63.4 Å². The Morgan fingerprint density at radius 2 is 1.92 bits per heavy atom. The van der Waals surface area contributed by atoms with E-state index in [1.807, 2.05) is 26.0 Å². The van der Waals surface area contributed by atoms with Crippen LogP contribution in [0.3, 0.4) is 0 Å². The van der Waals surface area contributed by atoms with Gasteiger partial charge in [0.2, 0.25) is 5.91 Å². The number of hydrogen-bond acceptors (Lipinski definition) is 2. The number of carbonyl (C=O) groups excluding carboxylic acids is 1. The highest BCUT2D eigenvalue weighted by atomic mass is 16.2. The maximum Gasteiger partial charge on any atom is 0.227 e. The molecule has 2 aromatic carbocycles.